The number of hydrogen-bond donors (Lipinski definition) is 3. The molecule has 0 saturated heterocycles. The highest BCUT2D eigenvalue weighted by molar-refractivity contribution is 7.80. The maximum Gasteiger partial charge on any atom is 0.251 e. The van der Waals surface area contributed by atoms with E-state index in [9.17, 15) is 4.79 Å². The predicted molar refractivity (Wildman–Crippen MR) is 57.2 cm³/mol. The summed E-state index contributed by atoms with van der Waals surface area (Å²) in [6.07, 6.45) is 0. The Morgan fingerprint density at radius 1 is 1.57 bits per heavy atom. The summed E-state index contributed by atoms with van der Waals surface area (Å²) in [5.74, 6) is -0.262. The smallest absolute Gasteiger partial charge is 0.251 e. The first-order valence-electron chi connectivity index (χ1n) is 3.95. The van der Waals surface area contributed by atoms with Gasteiger partial charge in [0.25, 0.3) is 5.91 Å². The number of phenols is 1. The number of benzene rings is 1. The minimum Gasteiger partial charge on any atom is -0.508 e. The highest BCUT2D eigenvalue weighted by Crippen LogP contribution is 2.10. The van der Waals surface area contributed by atoms with Crippen LogP contribution in [0.5, 0.6) is 5.75 Å². The summed E-state index contributed by atoms with van der Waals surface area (Å²) in [6, 6.07) is 6.04. The van der Waals surface area contributed by atoms with Gasteiger partial charge < -0.3 is 16.2 Å². The first kappa shape index (κ1) is 10.5. The van der Waals surface area contributed by atoms with Crippen LogP contribution in [0.25, 0.3) is 0 Å². The van der Waals surface area contributed by atoms with Crippen LogP contribution in [0.1, 0.15) is 10.4 Å². The van der Waals surface area contributed by atoms with Crippen molar-refractivity contribution >= 4 is 23.1 Å². The maximum atomic E-state index is 11.4. The normalized spacial score (nSPS) is 9.43. The Morgan fingerprint density at radius 3 is 2.86 bits per heavy atom. The molecule has 0 spiro atoms. The second-order valence-electron chi connectivity index (χ2n) is 2.70. The van der Waals surface area contributed by atoms with E-state index < -0.39 is 0 Å². The third-order valence-corrected chi connectivity index (χ3v) is 1.68. The van der Waals surface area contributed by atoms with Gasteiger partial charge in [-0.15, -0.1) is 0 Å². The number of carbonyl (C=O) groups excluding carboxylic acids is 1. The third-order valence-electron chi connectivity index (χ3n) is 1.53. The molecule has 4 nitrogen and oxygen atoms in total. The first-order valence-corrected chi connectivity index (χ1v) is 4.36. The second kappa shape index (κ2) is 4.57. The number of nitrogens with two attached hydrogens (primary N) is 1. The molecule has 1 aromatic carbocycles. The number of amides is 1. The molecule has 14 heavy (non-hydrogen) atoms. The number of hydrogen-bond acceptors (Lipinski definition) is 3. The van der Waals surface area contributed by atoms with Crippen molar-refractivity contribution in [1.29, 1.82) is 0 Å². The molecular weight excluding hydrogens is 200 g/mol. The summed E-state index contributed by atoms with van der Waals surface area (Å²) in [5.41, 5.74) is 5.59. The molecule has 0 aliphatic carbocycles. The molecule has 4 N–H and O–H groups in total. The van der Waals surface area contributed by atoms with Gasteiger partial charge in [-0.05, 0) is 18.2 Å². The number of aromatic hydroxyl groups is 1. The SMILES string of the molecule is NC(=S)CNC(=O)c1cccc(O)c1. The van der Waals surface area contributed by atoms with Crippen LogP contribution in [-0.2, 0) is 0 Å². The van der Waals surface area contributed by atoms with Crippen molar-refractivity contribution in [2.75, 3.05) is 6.54 Å². The topological polar surface area (TPSA) is 75.3 Å². The molecule has 1 aromatic rings. The summed E-state index contributed by atoms with van der Waals surface area (Å²) in [7, 11) is 0. The zero-order chi connectivity index (χ0) is 10.6. The predicted octanol–water partition coefficient (Wildman–Crippen LogP) is 0.408. The van der Waals surface area contributed by atoms with Crippen LogP contribution >= 0.6 is 12.2 Å². The lowest BCUT2D eigenvalue weighted by atomic mass is 10.2. The van der Waals surface area contributed by atoms with E-state index in [1.807, 2.05) is 0 Å². The molecule has 0 saturated carbocycles. The molecule has 0 aliphatic heterocycles. The molecule has 0 aliphatic rings. The van der Waals surface area contributed by atoms with E-state index in [1.54, 1.807) is 12.1 Å². The molecule has 0 heterocycles. The highest BCUT2D eigenvalue weighted by Gasteiger charge is 2.05. The lowest BCUT2D eigenvalue weighted by Gasteiger charge is -2.03. The van der Waals surface area contributed by atoms with Crippen LogP contribution < -0.4 is 11.1 Å². The Kier molecular flexibility index (Phi) is 3.41. The van der Waals surface area contributed by atoms with Crippen LogP contribution in [0.2, 0.25) is 0 Å². The first-order chi connectivity index (χ1) is 6.59. The van der Waals surface area contributed by atoms with E-state index in [-0.39, 0.29) is 23.2 Å². The zero-order valence-corrected chi connectivity index (χ0v) is 8.17. The van der Waals surface area contributed by atoms with Crippen LogP contribution in [0.4, 0.5) is 0 Å². The largest absolute Gasteiger partial charge is 0.508 e. The Balaban J connectivity index is 2.65. The standard InChI is InChI=1S/C9H10N2O2S/c10-8(14)5-11-9(13)6-2-1-3-7(12)4-6/h1-4,12H,5H2,(H2,10,14)(H,11,13). The summed E-state index contributed by atoms with van der Waals surface area (Å²) < 4.78 is 0. The van der Waals surface area contributed by atoms with Crippen LogP contribution in [0.15, 0.2) is 24.3 Å². The average Bonchev–Trinajstić information content (AvgIpc) is 2.14. The van der Waals surface area contributed by atoms with Crippen molar-refractivity contribution < 1.29 is 9.90 Å². The quantitative estimate of drug-likeness (QED) is 0.631. The molecule has 0 atom stereocenters. The summed E-state index contributed by atoms with van der Waals surface area (Å²) in [4.78, 5) is 11.6. The minimum atomic E-state index is -0.311. The molecule has 0 bridgehead atoms. The van der Waals surface area contributed by atoms with Gasteiger partial charge >= 0.3 is 0 Å². The van der Waals surface area contributed by atoms with E-state index in [1.165, 1.54) is 12.1 Å². The van der Waals surface area contributed by atoms with Gasteiger partial charge in [-0.2, -0.15) is 0 Å². The molecule has 1 rings (SSSR count). The molecule has 1 amide bonds. The number of carbonyl (C=O) groups is 1. The lowest BCUT2D eigenvalue weighted by Crippen LogP contribution is -2.32. The van der Waals surface area contributed by atoms with E-state index in [0.717, 1.165) is 0 Å². The van der Waals surface area contributed by atoms with Gasteiger partial charge in [0.15, 0.2) is 0 Å². The number of nitrogens with one attached hydrogen (secondary N) is 1. The van der Waals surface area contributed by atoms with Crippen LogP contribution in [-0.4, -0.2) is 22.5 Å². The van der Waals surface area contributed by atoms with Gasteiger partial charge in [0.2, 0.25) is 0 Å². The molecule has 0 unspecified atom stereocenters. The van der Waals surface area contributed by atoms with Crippen molar-refractivity contribution in [3.63, 3.8) is 0 Å². The summed E-state index contributed by atoms with van der Waals surface area (Å²) in [6.45, 7) is 0.157. The fourth-order valence-corrected chi connectivity index (χ4v) is 0.989. The Hall–Kier alpha value is -1.62. The van der Waals surface area contributed by atoms with Gasteiger partial charge in [0, 0.05) is 5.56 Å². The van der Waals surface area contributed by atoms with Crippen molar-refractivity contribution in [3.05, 3.63) is 29.8 Å². The molecular formula is C9H10N2O2S. The van der Waals surface area contributed by atoms with Gasteiger partial charge in [0.05, 0.1) is 11.5 Å². The van der Waals surface area contributed by atoms with Crippen LogP contribution in [0, 0.1) is 0 Å². The maximum absolute atomic E-state index is 11.4. The monoisotopic (exact) mass is 210 g/mol. The van der Waals surface area contributed by atoms with Crippen LogP contribution in [0.3, 0.4) is 0 Å². The van der Waals surface area contributed by atoms with Crippen molar-refractivity contribution in [1.82, 2.24) is 5.32 Å². The average molecular weight is 210 g/mol. The lowest BCUT2D eigenvalue weighted by molar-refractivity contribution is 0.0959. The van der Waals surface area contributed by atoms with Crippen molar-refractivity contribution in [2.24, 2.45) is 5.73 Å². The molecule has 5 heteroatoms. The fourth-order valence-electron chi connectivity index (χ4n) is 0.917. The number of rotatable bonds is 3. The zero-order valence-electron chi connectivity index (χ0n) is 7.36. The second-order valence-corrected chi connectivity index (χ2v) is 3.22. The third kappa shape index (κ3) is 3.02. The minimum absolute atomic E-state index is 0.0491. The molecule has 0 radical (unpaired) electrons. The van der Waals surface area contributed by atoms with Crippen molar-refractivity contribution in [2.45, 2.75) is 0 Å². The fraction of sp³-hybridized carbons (Fsp3) is 0.111. The summed E-state index contributed by atoms with van der Waals surface area (Å²) in [5, 5.41) is 11.6. The Bertz CT molecular complexity index is 366. The van der Waals surface area contributed by atoms with Gasteiger partial charge in [-0.3, -0.25) is 4.79 Å². The van der Waals surface area contributed by atoms with E-state index >= 15 is 0 Å². The van der Waals surface area contributed by atoms with Gasteiger partial charge in [0.1, 0.15) is 5.75 Å². The molecule has 74 valence electrons. The summed E-state index contributed by atoms with van der Waals surface area (Å²) >= 11 is 4.60. The Morgan fingerprint density at radius 2 is 2.29 bits per heavy atom. The number of phenolic OH excluding ortho intramolecular Hbond substituents is 1. The van der Waals surface area contributed by atoms with E-state index in [2.05, 4.69) is 17.5 Å². The van der Waals surface area contributed by atoms with E-state index in [0.29, 0.717) is 5.56 Å². The number of thiocarbonyl (C=S) groups is 1. The molecule has 0 fully saturated rings. The van der Waals surface area contributed by atoms with Crippen molar-refractivity contribution in [3.8, 4) is 5.75 Å². The van der Waals surface area contributed by atoms with E-state index in [4.69, 9.17) is 10.8 Å². The molecule has 0 aromatic heterocycles. The Labute approximate surface area is 86.7 Å². The van der Waals surface area contributed by atoms with Gasteiger partial charge in [-0.1, -0.05) is 18.3 Å². The van der Waals surface area contributed by atoms with Gasteiger partial charge in [-0.25, -0.2) is 0 Å². The highest BCUT2D eigenvalue weighted by atomic mass is 32.1.